The van der Waals surface area contributed by atoms with Gasteiger partial charge in [0.05, 0.1) is 0 Å². The highest BCUT2D eigenvalue weighted by molar-refractivity contribution is 5.68. The second-order valence-corrected chi connectivity index (χ2v) is 8.02. The maximum Gasteiger partial charge on any atom is 0.410 e. The fourth-order valence-corrected chi connectivity index (χ4v) is 3.71. The van der Waals surface area contributed by atoms with Crippen LogP contribution in [0, 0.1) is 5.41 Å². The molecule has 2 fully saturated rings. The van der Waals surface area contributed by atoms with E-state index in [4.69, 9.17) is 4.74 Å². The lowest BCUT2D eigenvalue weighted by atomic mass is 9.76. The van der Waals surface area contributed by atoms with Crippen LogP contribution < -0.4 is 5.32 Å². The van der Waals surface area contributed by atoms with Gasteiger partial charge >= 0.3 is 6.09 Å². The first-order valence-electron chi connectivity index (χ1n) is 8.63. The van der Waals surface area contributed by atoms with E-state index in [0.29, 0.717) is 11.5 Å². The van der Waals surface area contributed by atoms with Crippen LogP contribution in [-0.2, 0) is 4.74 Å². The lowest BCUT2D eigenvalue weighted by molar-refractivity contribution is 0.0118. The van der Waals surface area contributed by atoms with Gasteiger partial charge in [-0.05, 0) is 51.0 Å². The number of carbonyl (C=O) groups is 1. The summed E-state index contributed by atoms with van der Waals surface area (Å²) in [6.07, 6.45) is 3.11. The van der Waals surface area contributed by atoms with Crippen molar-refractivity contribution in [2.24, 2.45) is 5.41 Å². The molecule has 0 saturated carbocycles. The Kier molecular flexibility index (Phi) is 4.37. The van der Waals surface area contributed by atoms with E-state index in [9.17, 15) is 4.79 Å². The molecule has 1 amide bonds. The van der Waals surface area contributed by atoms with Crippen molar-refractivity contribution >= 4 is 6.09 Å². The molecule has 23 heavy (non-hydrogen) atoms. The highest BCUT2D eigenvalue weighted by Gasteiger charge is 2.42. The van der Waals surface area contributed by atoms with Crippen molar-refractivity contribution in [2.45, 2.75) is 51.7 Å². The number of ether oxygens (including phenoxy) is 1. The molecule has 1 atom stereocenters. The van der Waals surface area contributed by atoms with Crippen molar-refractivity contribution in [1.29, 1.82) is 0 Å². The van der Waals surface area contributed by atoms with E-state index in [0.717, 1.165) is 32.5 Å². The first-order valence-corrected chi connectivity index (χ1v) is 8.63. The monoisotopic (exact) mass is 316 g/mol. The molecule has 1 aromatic carbocycles. The maximum atomic E-state index is 12.2. The Morgan fingerprint density at radius 2 is 1.87 bits per heavy atom. The maximum absolute atomic E-state index is 12.2. The normalized spacial score (nSPS) is 24.0. The van der Waals surface area contributed by atoms with Gasteiger partial charge in [-0.3, -0.25) is 0 Å². The molecule has 0 bridgehead atoms. The minimum Gasteiger partial charge on any atom is -0.444 e. The summed E-state index contributed by atoms with van der Waals surface area (Å²) in [5.41, 5.74) is 1.29. The molecule has 2 aliphatic heterocycles. The van der Waals surface area contributed by atoms with Gasteiger partial charge in [0.1, 0.15) is 5.60 Å². The molecule has 0 aliphatic carbocycles. The van der Waals surface area contributed by atoms with Crippen LogP contribution in [0.25, 0.3) is 0 Å². The fraction of sp³-hybridized carbons (Fsp3) is 0.632. The number of nitrogens with zero attached hydrogens (tertiary/aromatic N) is 1. The molecule has 2 aliphatic rings. The highest BCUT2D eigenvalue weighted by Crippen LogP contribution is 2.44. The number of hydrogen-bond acceptors (Lipinski definition) is 3. The standard InChI is InChI=1S/C19H28N2O2/c1-18(2,3)23-17(22)21-11-9-19(10-12-21)13-16(20-14-19)15-7-5-4-6-8-15/h4-8,16,20H,9-14H2,1-3H3. The second kappa shape index (κ2) is 6.16. The minimum absolute atomic E-state index is 0.169. The average molecular weight is 316 g/mol. The van der Waals surface area contributed by atoms with Gasteiger partial charge in [-0.15, -0.1) is 0 Å². The van der Waals surface area contributed by atoms with Crippen LogP contribution in [0.2, 0.25) is 0 Å². The Labute approximate surface area is 139 Å². The summed E-state index contributed by atoms with van der Waals surface area (Å²) in [6, 6.07) is 11.1. The zero-order valence-corrected chi connectivity index (χ0v) is 14.5. The molecule has 4 nitrogen and oxygen atoms in total. The van der Waals surface area contributed by atoms with Crippen molar-refractivity contribution in [1.82, 2.24) is 10.2 Å². The van der Waals surface area contributed by atoms with Gasteiger partial charge in [0.25, 0.3) is 0 Å². The predicted octanol–water partition coefficient (Wildman–Crippen LogP) is 3.74. The van der Waals surface area contributed by atoms with Gasteiger partial charge in [0.15, 0.2) is 0 Å². The number of carbonyl (C=O) groups excluding carboxylic acids is 1. The SMILES string of the molecule is CC(C)(C)OC(=O)N1CCC2(CC1)CNC(c1ccccc1)C2. The quantitative estimate of drug-likeness (QED) is 0.858. The van der Waals surface area contributed by atoms with Crippen LogP contribution in [-0.4, -0.2) is 36.2 Å². The number of rotatable bonds is 1. The fourth-order valence-electron chi connectivity index (χ4n) is 3.71. The van der Waals surface area contributed by atoms with Crippen LogP contribution in [0.1, 0.15) is 51.6 Å². The number of benzene rings is 1. The zero-order chi connectivity index (χ0) is 16.5. The predicted molar refractivity (Wildman–Crippen MR) is 91.3 cm³/mol. The molecule has 4 heteroatoms. The summed E-state index contributed by atoms with van der Waals surface area (Å²) in [7, 11) is 0. The smallest absolute Gasteiger partial charge is 0.410 e. The molecular weight excluding hydrogens is 288 g/mol. The van der Waals surface area contributed by atoms with E-state index in [1.165, 1.54) is 12.0 Å². The molecule has 126 valence electrons. The van der Waals surface area contributed by atoms with Gasteiger partial charge in [-0.1, -0.05) is 30.3 Å². The summed E-state index contributed by atoms with van der Waals surface area (Å²) in [5.74, 6) is 0. The van der Waals surface area contributed by atoms with Crippen molar-refractivity contribution in [3.05, 3.63) is 35.9 Å². The van der Waals surface area contributed by atoms with Crippen molar-refractivity contribution in [2.75, 3.05) is 19.6 Å². The molecule has 1 aromatic rings. The van der Waals surface area contributed by atoms with E-state index in [2.05, 4.69) is 35.6 Å². The van der Waals surface area contributed by atoms with E-state index in [-0.39, 0.29) is 6.09 Å². The van der Waals surface area contributed by atoms with Gasteiger partial charge in [0, 0.05) is 25.7 Å². The number of likely N-dealkylation sites (tertiary alicyclic amines) is 1. The Morgan fingerprint density at radius 1 is 1.22 bits per heavy atom. The van der Waals surface area contributed by atoms with Crippen molar-refractivity contribution in [3.63, 3.8) is 0 Å². The lowest BCUT2D eigenvalue weighted by Crippen LogP contribution is -2.45. The van der Waals surface area contributed by atoms with Crippen LogP contribution in [0.5, 0.6) is 0 Å². The van der Waals surface area contributed by atoms with Gasteiger partial charge in [-0.2, -0.15) is 0 Å². The number of hydrogen-bond donors (Lipinski definition) is 1. The van der Waals surface area contributed by atoms with Crippen LogP contribution in [0.3, 0.4) is 0 Å². The molecule has 1 N–H and O–H groups in total. The van der Waals surface area contributed by atoms with Crippen LogP contribution in [0.4, 0.5) is 4.79 Å². The molecule has 3 rings (SSSR count). The van der Waals surface area contributed by atoms with Crippen molar-refractivity contribution < 1.29 is 9.53 Å². The molecule has 2 heterocycles. The lowest BCUT2D eigenvalue weighted by Gasteiger charge is -2.39. The largest absolute Gasteiger partial charge is 0.444 e. The Hall–Kier alpha value is -1.55. The van der Waals surface area contributed by atoms with Gasteiger partial charge in [-0.25, -0.2) is 4.79 Å². The van der Waals surface area contributed by atoms with E-state index in [1.807, 2.05) is 25.7 Å². The van der Waals surface area contributed by atoms with Crippen LogP contribution >= 0.6 is 0 Å². The molecule has 1 spiro atoms. The second-order valence-electron chi connectivity index (χ2n) is 8.02. The third kappa shape index (κ3) is 3.86. The Morgan fingerprint density at radius 3 is 2.48 bits per heavy atom. The van der Waals surface area contributed by atoms with Crippen LogP contribution in [0.15, 0.2) is 30.3 Å². The van der Waals surface area contributed by atoms with Gasteiger partial charge < -0.3 is 15.0 Å². The van der Waals surface area contributed by atoms with Gasteiger partial charge in [0.2, 0.25) is 0 Å². The molecule has 1 unspecified atom stereocenters. The summed E-state index contributed by atoms with van der Waals surface area (Å²) in [5, 5.41) is 3.68. The average Bonchev–Trinajstić information content (AvgIpc) is 2.91. The number of nitrogens with one attached hydrogen (secondary N) is 1. The third-order valence-electron chi connectivity index (χ3n) is 5.04. The van der Waals surface area contributed by atoms with Crippen molar-refractivity contribution in [3.8, 4) is 0 Å². The number of piperidine rings is 1. The summed E-state index contributed by atoms with van der Waals surface area (Å²) < 4.78 is 5.49. The summed E-state index contributed by atoms with van der Waals surface area (Å²) in [6.45, 7) is 8.41. The number of amides is 1. The van der Waals surface area contributed by atoms with E-state index >= 15 is 0 Å². The molecule has 0 radical (unpaired) electrons. The highest BCUT2D eigenvalue weighted by atomic mass is 16.6. The molecule has 2 saturated heterocycles. The Balaban J connectivity index is 1.56. The third-order valence-corrected chi connectivity index (χ3v) is 5.04. The van der Waals surface area contributed by atoms with E-state index in [1.54, 1.807) is 0 Å². The zero-order valence-electron chi connectivity index (χ0n) is 14.5. The molecular formula is C19H28N2O2. The molecule has 0 aromatic heterocycles. The first-order chi connectivity index (χ1) is 10.9. The Bertz CT molecular complexity index is 542. The minimum atomic E-state index is -0.417. The first kappa shape index (κ1) is 16.3. The topological polar surface area (TPSA) is 41.6 Å². The summed E-state index contributed by atoms with van der Waals surface area (Å²) >= 11 is 0. The van der Waals surface area contributed by atoms with E-state index < -0.39 is 5.60 Å². The summed E-state index contributed by atoms with van der Waals surface area (Å²) in [4.78, 5) is 14.1.